The fraction of sp³-hybridized carbons (Fsp3) is 0.550. The normalized spacial score (nSPS) is 15.6. The van der Waals surface area contributed by atoms with Crippen molar-refractivity contribution in [3.8, 4) is 5.75 Å². The molecule has 2 rings (SSSR count). The molecule has 0 bridgehead atoms. The number of aliphatic imine (C=N–C) groups is 2. The Labute approximate surface area is 183 Å². The Morgan fingerprint density at radius 3 is 2.43 bits per heavy atom. The fourth-order valence-electron chi connectivity index (χ4n) is 2.75. The lowest BCUT2D eigenvalue weighted by atomic mass is 10.2. The van der Waals surface area contributed by atoms with Crippen LogP contribution < -0.4 is 15.8 Å². The third-order valence-corrected chi connectivity index (χ3v) is 5.88. The number of nitrogens with zero attached hydrogens (tertiary/aromatic N) is 2. The van der Waals surface area contributed by atoms with E-state index in [1.807, 2.05) is 45.0 Å². The fourth-order valence-corrected chi connectivity index (χ4v) is 4.17. The molecule has 1 fully saturated rings. The number of methoxy groups -OCH3 is 1. The summed E-state index contributed by atoms with van der Waals surface area (Å²) in [6, 6.07) is 7.38. The molecule has 0 aliphatic carbocycles. The van der Waals surface area contributed by atoms with Gasteiger partial charge in [-0.25, -0.2) is 0 Å². The van der Waals surface area contributed by atoms with E-state index < -0.39 is 4.75 Å². The van der Waals surface area contributed by atoms with E-state index in [4.69, 9.17) is 15.2 Å². The highest BCUT2D eigenvalue weighted by molar-refractivity contribution is 8.01. The molecule has 0 atom stereocenters. The molecule has 1 aliphatic heterocycles. The second kappa shape index (κ2) is 13.2. The summed E-state index contributed by atoms with van der Waals surface area (Å²) in [5, 5.41) is 3.13. The lowest BCUT2D eigenvalue weighted by Gasteiger charge is -2.30. The molecule has 0 unspecified atom stereocenters. The lowest BCUT2D eigenvalue weighted by molar-refractivity contribution is -0.121. The van der Waals surface area contributed by atoms with E-state index in [1.54, 1.807) is 18.9 Å². The molecule has 1 saturated heterocycles. The number of nitrogens with two attached hydrogens (primary N) is 1. The quantitative estimate of drug-likeness (QED) is 0.496. The van der Waals surface area contributed by atoms with Gasteiger partial charge in [0.1, 0.15) is 5.75 Å². The van der Waals surface area contributed by atoms with Crippen LogP contribution in [-0.4, -0.2) is 65.5 Å². The summed E-state index contributed by atoms with van der Waals surface area (Å²) < 4.78 is 9.94. The molecule has 9 nitrogen and oxygen atoms in total. The van der Waals surface area contributed by atoms with E-state index in [0.717, 1.165) is 37.4 Å². The van der Waals surface area contributed by atoms with Crippen LogP contribution in [0.25, 0.3) is 0 Å². The summed E-state index contributed by atoms with van der Waals surface area (Å²) in [6.07, 6.45) is 1.91. The number of carbonyl (C=O) groups excluding carboxylic acids is 1. The summed E-state index contributed by atoms with van der Waals surface area (Å²) in [5.41, 5.74) is 6.81. The number of amides is 1. The van der Waals surface area contributed by atoms with E-state index in [9.17, 15) is 4.79 Å². The van der Waals surface area contributed by atoms with Crippen molar-refractivity contribution >= 4 is 29.5 Å². The zero-order valence-electron chi connectivity index (χ0n) is 18.0. The molecule has 1 heterocycles. The molecule has 1 aromatic carbocycles. The monoisotopic (exact) mass is 444 g/mol. The maximum Gasteiger partial charge on any atom is 0.242 e. The molecule has 1 amide bonds. The first-order valence-corrected chi connectivity index (χ1v) is 10.3. The van der Waals surface area contributed by atoms with E-state index >= 15 is 0 Å². The Morgan fingerprint density at radius 2 is 1.90 bits per heavy atom. The van der Waals surface area contributed by atoms with Crippen LogP contribution in [0.4, 0.5) is 0 Å². The third-order valence-electron chi connectivity index (χ3n) is 4.30. The number of rotatable bonds is 6. The van der Waals surface area contributed by atoms with Gasteiger partial charge < -0.3 is 26.2 Å². The molecule has 10 heteroatoms. The minimum absolute atomic E-state index is 0. The maximum absolute atomic E-state index is 12.7. The predicted octanol–water partition coefficient (Wildman–Crippen LogP) is 1.18. The minimum Gasteiger partial charge on any atom is -0.497 e. The number of amidine groups is 1. The van der Waals surface area contributed by atoms with Gasteiger partial charge in [-0.05, 0) is 57.9 Å². The van der Waals surface area contributed by atoms with Gasteiger partial charge in [-0.15, -0.1) is 11.8 Å². The van der Waals surface area contributed by atoms with Crippen molar-refractivity contribution in [3.05, 3.63) is 29.8 Å². The van der Waals surface area contributed by atoms with Crippen LogP contribution in [0.2, 0.25) is 0 Å². The molecule has 172 valence electrons. The van der Waals surface area contributed by atoms with Gasteiger partial charge in [-0.2, -0.15) is 4.99 Å². The SMILES string of the molecule is CCN=C(N=C(N)NC(=O)C(C)(C)SC1CCOCC1)c1ccc(OC)cc1.O.O.[HH]. The Morgan fingerprint density at radius 1 is 1.30 bits per heavy atom. The first-order chi connectivity index (χ1) is 13.4. The third kappa shape index (κ3) is 8.31. The standard InChI is InChI=1S/C20H30N4O3S.2H2O.H2/c1-5-22-17(14-6-8-15(26-4)9-7-14)23-19(21)24-18(25)20(2,3)28-16-10-12-27-13-11-16;;;/h6-9,16H,5,10-13H2,1-4H3,(H3,21,22,23,24,25);2*1H2;1H. The molecule has 7 N–H and O–H groups in total. The first kappa shape index (κ1) is 27.9. The van der Waals surface area contributed by atoms with Crippen molar-refractivity contribution < 1.29 is 26.6 Å². The van der Waals surface area contributed by atoms with Gasteiger partial charge in [-0.1, -0.05) is 0 Å². The molecular formula is C20H36N4O5S. The van der Waals surface area contributed by atoms with Crippen LogP contribution in [0.15, 0.2) is 34.3 Å². The van der Waals surface area contributed by atoms with Crippen LogP contribution in [0.3, 0.4) is 0 Å². The predicted molar refractivity (Wildman–Crippen MR) is 125 cm³/mol. The Bertz CT molecular complexity index is 723. The van der Waals surface area contributed by atoms with Gasteiger partial charge in [0.15, 0.2) is 5.84 Å². The number of hydrogen-bond donors (Lipinski definition) is 2. The largest absolute Gasteiger partial charge is 0.497 e. The molecule has 1 aliphatic rings. The second-order valence-electron chi connectivity index (χ2n) is 6.92. The summed E-state index contributed by atoms with van der Waals surface area (Å²) in [5.74, 6) is 1.08. The highest BCUT2D eigenvalue weighted by Gasteiger charge is 2.32. The van der Waals surface area contributed by atoms with Crippen LogP contribution in [0, 0.1) is 0 Å². The molecule has 1 aromatic rings. The summed E-state index contributed by atoms with van der Waals surface area (Å²) >= 11 is 1.66. The van der Waals surface area contributed by atoms with Crippen molar-refractivity contribution in [1.82, 2.24) is 5.32 Å². The molecule has 0 radical (unpaired) electrons. The molecule has 0 spiro atoms. The van der Waals surface area contributed by atoms with E-state index in [1.165, 1.54) is 0 Å². The van der Waals surface area contributed by atoms with Crippen molar-refractivity contribution in [2.75, 3.05) is 26.9 Å². The topological polar surface area (TPSA) is 161 Å². The van der Waals surface area contributed by atoms with Crippen molar-refractivity contribution in [3.63, 3.8) is 0 Å². The number of guanidine groups is 1. The average molecular weight is 445 g/mol. The van der Waals surface area contributed by atoms with E-state index in [0.29, 0.717) is 17.6 Å². The number of thioether (sulfide) groups is 1. The first-order valence-electron chi connectivity index (χ1n) is 9.45. The van der Waals surface area contributed by atoms with Crippen LogP contribution in [0.5, 0.6) is 5.75 Å². The summed E-state index contributed by atoms with van der Waals surface area (Å²) in [6.45, 7) is 7.77. The zero-order valence-corrected chi connectivity index (χ0v) is 18.8. The molecule has 0 aromatic heterocycles. The number of nitrogens with one attached hydrogen (secondary N) is 1. The number of hydrogen-bond acceptors (Lipinski definition) is 5. The van der Waals surface area contributed by atoms with E-state index in [2.05, 4.69) is 15.3 Å². The Kier molecular flexibility index (Phi) is 12.3. The van der Waals surface area contributed by atoms with Crippen molar-refractivity contribution in [2.45, 2.75) is 43.6 Å². The van der Waals surface area contributed by atoms with Crippen LogP contribution >= 0.6 is 11.8 Å². The Hall–Kier alpha value is -2.14. The summed E-state index contributed by atoms with van der Waals surface area (Å²) in [4.78, 5) is 21.5. The van der Waals surface area contributed by atoms with Gasteiger partial charge in [0.25, 0.3) is 0 Å². The number of carbonyl (C=O) groups is 1. The summed E-state index contributed by atoms with van der Waals surface area (Å²) in [7, 11) is 1.61. The van der Waals surface area contributed by atoms with Gasteiger partial charge >= 0.3 is 0 Å². The highest BCUT2D eigenvalue weighted by Crippen LogP contribution is 2.33. The van der Waals surface area contributed by atoms with Crippen molar-refractivity contribution in [2.24, 2.45) is 15.7 Å². The zero-order chi connectivity index (χ0) is 20.6. The average Bonchev–Trinajstić information content (AvgIpc) is 2.68. The molecule has 0 saturated carbocycles. The highest BCUT2D eigenvalue weighted by atomic mass is 32.2. The van der Waals surface area contributed by atoms with Crippen molar-refractivity contribution in [1.29, 1.82) is 0 Å². The van der Waals surface area contributed by atoms with Crippen LogP contribution in [-0.2, 0) is 9.53 Å². The van der Waals surface area contributed by atoms with Crippen LogP contribution in [0.1, 0.15) is 40.6 Å². The molecule has 30 heavy (non-hydrogen) atoms. The second-order valence-corrected chi connectivity index (χ2v) is 8.84. The number of benzene rings is 1. The smallest absolute Gasteiger partial charge is 0.242 e. The maximum atomic E-state index is 12.7. The van der Waals surface area contributed by atoms with Gasteiger partial charge in [0.2, 0.25) is 11.9 Å². The number of ether oxygens (including phenoxy) is 2. The molecular weight excluding hydrogens is 408 g/mol. The minimum atomic E-state index is -0.621. The van der Waals surface area contributed by atoms with Gasteiger partial charge in [-0.3, -0.25) is 15.1 Å². The van der Waals surface area contributed by atoms with Gasteiger partial charge in [0, 0.05) is 32.0 Å². The lowest BCUT2D eigenvalue weighted by Crippen LogP contribution is -2.47. The van der Waals surface area contributed by atoms with Gasteiger partial charge in [0.05, 0.1) is 11.9 Å². The Balaban J connectivity index is 0. The van der Waals surface area contributed by atoms with E-state index in [-0.39, 0.29) is 24.2 Å².